The third kappa shape index (κ3) is 3.76. The number of hydrogen-bond acceptors (Lipinski definition) is 7. The Labute approximate surface area is 138 Å². The zero-order chi connectivity index (χ0) is 16.1. The third-order valence-electron chi connectivity index (χ3n) is 3.89. The van der Waals surface area contributed by atoms with Gasteiger partial charge in [-0.15, -0.1) is 11.3 Å². The molecule has 1 saturated heterocycles. The first kappa shape index (κ1) is 15.7. The van der Waals surface area contributed by atoms with Gasteiger partial charge in [-0.3, -0.25) is 10.1 Å². The van der Waals surface area contributed by atoms with Crippen molar-refractivity contribution >= 4 is 28.7 Å². The Bertz CT molecular complexity index is 656. The van der Waals surface area contributed by atoms with Crippen molar-refractivity contribution < 1.29 is 4.92 Å². The van der Waals surface area contributed by atoms with Gasteiger partial charge in [0.1, 0.15) is 6.33 Å². The van der Waals surface area contributed by atoms with Gasteiger partial charge in [0.05, 0.1) is 4.92 Å². The molecule has 2 aromatic rings. The molecule has 23 heavy (non-hydrogen) atoms. The Morgan fingerprint density at radius 3 is 2.83 bits per heavy atom. The molecule has 3 rings (SSSR count). The third-order valence-corrected chi connectivity index (χ3v) is 4.82. The van der Waals surface area contributed by atoms with Crippen LogP contribution in [0, 0.1) is 10.1 Å². The molecule has 8 heteroatoms. The van der Waals surface area contributed by atoms with Crippen molar-refractivity contribution in [3.05, 3.63) is 38.8 Å². The maximum atomic E-state index is 11.5. The zero-order valence-corrected chi connectivity index (χ0v) is 13.6. The minimum atomic E-state index is -0.378. The summed E-state index contributed by atoms with van der Waals surface area (Å²) in [6, 6.07) is 4.06. The molecule has 1 N–H and O–H groups in total. The van der Waals surface area contributed by atoms with E-state index in [1.165, 1.54) is 17.6 Å². The van der Waals surface area contributed by atoms with Crippen LogP contribution in [0.4, 0.5) is 17.3 Å². The van der Waals surface area contributed by atoms with Gasteiger partial charge in [0.15, 0.2) is 0 Å². The van der Waals surface area contributed by atoms with Crippen molar-refractivity contribution in [2.24, 2.45) is 0 Å². The summed E-state index contributed by atoms with van der Waals surface area (Å²) in [5.41, 5.74) is -0.0134. The topological polar surface area (TPSA) is 84.2 Å². The van der Waals surface area contributed by atoms with Crippen LogP contribution in [0.25, 0.3) is 0 Å². The first-order valence-corrected chi connectivity index (χ1v) is 8.64. The van der Waals surface area contributed by atoms with Gasteiger partial charge in [-0.05, 0) is 37.1 Å². The van der Waals surface area contributed by atoms with Crippen molar-refractivity contribution in [2.45, 2.75) is 25.7 Å². The molecule has 122 valence electrons. The highest BCUT2D eigenvalue weighted by atomic mass is 32.1. The normalized spacial score (nSPS) is 14.7. The van der Waals surface area contributed by atoms with Gasteiger partial charge in [-0.1, -0.05) is 6.07 Å². The largest absolute Gasteiger partial charge is 0.364 e. The van der Waals surface area contributed by atoms with Crippen LogP contribution < -0.4 is 10.2 Å². The van der Waals surface area contributed by atoms with Crippen LogP contribution in [0.2, 0.25) is 0 Å². The SMILES string of the molecule is O=[N+]([O-])c1c(NCCc2cccs2)ncnc1N1CCCCC1. The van der Waals surface area contributed by atoms with Gasteiger partial charge in [0, 0.05) is 24.5 Å². The van der Waals surface area contributed by atoms with Crippen molar-refractivity contribution in [3.8, 4) is 0 Å². The molecule has 0 spiro atoms. The van der Waals surface area contributed by atoms with Crippen molar-refractivity contribution in [1.82, 2.24) is 9.97 Å². The molecular weight excluding hydrogens is 314 g/mol. The smallest absolute Gasteiger partial charge is 0.353 e. The number of nitro groups is 1. The molecule has 1 aliphatic heterocycles. The molecular formula is C15H19N5O2S. The van der Waals surface area contributed by atoms with Crippen LogP contribution in [0.15, 0.2) is 23.8 Å². The summed E-state index contributed by atoms with van der Waals surface area (Å²) < 4.78 is 0. The molecule has 1 fully saturated rings. The maximum Gasteiger partial charge on any atom is 0.353 e. The molecule has 0 radical (unpaired) electrons. The Kier molecular flexibility index (Phi) is 5.02. The molecule has 3 heterocycles. The van der Waals surface area contributed by atoms with E-state index in [0.29, 0.717) is 18.2 Å². The lowest BCUT2D eigenvalue weighted by atomic mass is 10.1. The Morgan fingerprint density at radius 2 is 2.13 bits per heavy atom. The Hall–Kier alpha value is -2.22. The van der Waals surface area contributed by atoms with E-state index in [4.69, 9.17) is 0 Å². The summed E-state index contributed by atoms with van der Waals surface area (Å²) in [5.74, 6) is 0.741. The predicted molar refractivity (Wildman–Crippen MR) is 91.3 cm³/mol. The molecule has 0 unspecified atom stereocenters. The van der Waals surface area contributed by atoms with Gasteiger partial charge < -0.3 is 10.2 Å². The van der Waals surface area contributed by atoms with Crippen LogP contribution in [-0.4, -0.2) is 34.5 Å². The monoisotopic (exact) mass is 333 g/mol. The van der Waals surface area contributed by atoms with E-state index in [9.17, 15) is 10.1 Å². The first-order chi connectivity index (χ1) is 11.3. The van der Waals surface area contributed by atoms with Gasteiger partial charge in [0.2, 0.25) is 11.6 Å². The van der Waals surface area contributed by atoms with E-state index in [2.05, 4.69) is 21.4 Å². The van der Waals surface area contributed by atoms with Gasteiger partial charge in [-0.25, -0.2) is 9.97 Å². The van der Waals surface area contributed by atoms with E-state index in [1.807, 2.05) is 16.3 Å². The lowest BCUT2D eigenvalue weighted by Gasteiger charge is -2.27. The summed E-state index contributed by atoms with van der Waals surface area (Å²) in [6.45, 7) is 2.23. The van der Waals surface area contributed by atoms with Crippen LogP contribution in [0.1, 0.15) is 24.1 Å². The number of aromatic nitrogens is 2. The molecule has 1 aliphatic rings. The molecule has 2 aromatic heterocycles. The zero-order valence-electron chi connectivity index (χ0n) is 12.8. The van der Waals surface area contributed by atoms with Crippen LogP contribution in [0.5, 0.6) is 0 Å². The number of rotatable bonds is 6. The highest BCUT2D eigenvalue weighted by Crippen LogP contribution is 2.33. The lowest BCUT2D eigenvalue weighted by molar-refractivity contribution is -0.383. The number of nitrogens with zero attached hydrogens (tertiary/aromatic N) is 4. The van der Waals surface area contributed by atoms with E-state index in [0.717, 1.165) is 32.4 Å². The van der Waals surface area contributed by atoms with Gasteiger partial charge in [-0.2, -0.15) is 0 Å². The molecule has 0 aromatic carbocycles. The van der Waals surface area contributed by atoms with E-state index in [-0.39, 0.29) is 10.6 Å². The lowest BCUT2D eigenvalue weighted by Crippen LogP contribution is -2.31. The second kappa shape index (κ2) is 7.36. The van der Waals surface area contributed by atoms with E-state index < -0.39 is 0 Å². The molecule has 0 atom stereocenters. The number of thiophene rings is 1. The highest BCUT2D eigenvalue weighted by molar-refractivity contribution is 7.09. The molecule has 7 nitrogen and oxygen atoms in total. The summed E-state index contributed by atoms with van der Waals surface area (Å²) in [5, 5.41) is 16.7. The molecule has 0 aliphatic carbocycles. The molecule has 0 amide bonds. The molecule has 0 bridgehead atoms. The Morgan fingerprint density at radius 1 is 1.30 bits per heavy atom. The number of anilines is 2. The summed E-state index contributed by atoms with van der Waals surface area (Å²) in [6.07, 6.45) is 5.48. The van der Waals surface area contributed by atoms with Crippen molar-refractivity contribution in [1.29, 1.82) is 0 Å². The van der Waals surface area contributed by atoms with Crippen molar-refractivity contribution in [3.63, 3.8) is 0 Å². The number of nitrogens with one attached hydrogen (secondary N) is 1. The van der Waals surface area contributed by atoms with E-state index >= 15 is 0 Å². The van der Waals surface area contributed by atoms with Crippen molar-refractivity contribution in [2.75, 3.05) is 29.9 Å². The fraction of sp³-hybridized carbons (Fsp3) is 0.467. The first-order valence-electron chi connectivity index (χ1n) is 7.76. The maximum absolute atomic E-state index is 11.5. The second-order valence-electron chi connectivity index (χ2n) is 5.46. The Balaban J connectivity index is 1.77. The fourth-order valence-electron chi connectivity index (χ4n) is 2.76. The van der Waals surface area contributed by atoms with Gasteiger partial charge >= 0.3 is 5.69 Å². The van der Waals surface area contributed by atoms with Gasteiger partial charge in [0.25, 0.3) is 0 Å². The van der Waals surface area contributed by atoms with Crippen LogP contribution in [0.3, 0.4) is 0 Å². The minimum Gasteiger partial charge on any atom is -0.364 e. The fourth-order valence-corrected chi connectivity index (χ4v) is 3.47. The average molecular weight is 333 g/mol. The average Bonchev–Trinajstić information content (AvgIpc) is 3.08. The summed E-state index contributed by atoms with van der Waals surface area (Å²) in [4.78, 5) is 22.7. The summed E-state index contributed by atoms with van der Waals surface area (Å²) in [7, 11) is 0. The number of piperidine rings is 1. The number of hydrogen-bond donors (Lipinski definition) is 1. The standard InChI is InChI=1S/C15H19N5O2S/c21-20(22)13-14(16-7-6-12-5-4-10-23-12)17-11-18-15(13)19-8-2-1-3-9-19/h4-5,10-11H,1-3,6-9H2,(H,16,17,18). The highest BCUT2D eigenvalue weighted by Gasteiger charge is 2.27. The van der Waals surface area contributed by atoms with Crippen LogP contribution >= 0.6 is 11.3 Å². The van der Waals surface area contributed by atoms with Crippen LogP contribution in [-0.2, 0) is 6.42 Å². The predicted octanol–water partition coefficient (Wildman–Crippen LogP) is 3.09. The summed E-state index contributed by atoms with van der Waals surface area (Å²) >= 11 is 1.68. The quantitative estimate of drug-likeness (QED) is 0.646. The molecule has 0 saturated carbocycles. The minimum absolute atomic E-state index is 0.0134. The van der Waals surface area contributed by atoms with E-state index in [1.54, 1.807) is 11.3 Å². The second-order valence-corrected chi connectivity index (χ2v) is 6.49.